The second-order valence-electron chi connectivity index (χ2n) is 4.48. The first-order valence-corrected chi connectivity index (χ1v) is 8.01. The van der Waals surface area contributed by atoms with Gasteiger partial charge in [0.15, 0.2) is 0 Å². The second kappa shape index (κ2) is 3.25. The van der Waals surface area contributed by atoms with Gasteiger partial charge in [-0.3, -0.25) is 4.90 Å². The van der Waals surface area contributed by atoms with E-state index in [0.717, 1.165) is 13.1 Å². The smallest absolute Gasteiger partial charge is 0.0967 e. The Balaban J connectivity index is 2.46. The van der Waals surface area contributed by atoms with Crippen LogP contribution in [-0.4, -0.2) is 37.0 Å². The van der Waals surface area contributed by atoms with Crippen molar-refractivity contribution in [3.8, 4) is 0 Å². The van der Waals surface area contributed by atoms with Crippen molar-refractivity contribution in [2.45, 2.75) is 38.3 Å². The highest BCUT2D eigenvalue weighted by molar-refractivity contribution is 6.77. The van der Waals surface area contributed by atoms with Crippen LogP contribution in [0.2, 0.25) is 19.6 Å². The molecule has 1 heterocycles. The summed E-state index contributed by atoms with van der Waals surface area (Å²) >= 11 is 0. The van der Waals surface area contributed by atoms with Crippen LogP contribution in [0, 0.1) is 0 Å². The Morgan fingerprint density at radius 3 is 2.00 bits per heavy atom. The third kappa shape index (κ3) is 2.29. The van der Waals surface area contributed by atoms with Crippen molar-refractivity contribution >= 4 is 8.07 Å². The molecule has 0 aromatic heterocycles. The number of hydrogen-bond acceptors (Lipinski definition) is 2. The van der Waals surface area contributed by atoms with Crippen molar-refractivity contribution in [1.82, 2.24) is 4.90 Å². The first kappa shape index (κ1) is 9.23. The van der Waals surface area contributed by atoms with Crippen molar-refractivity contribution in [3.05, 3.63) is 0 Å². The second-order valence-corrected chi connectivity index (χ2v) is 9.73. The minimum Gasteiger partial charge on any atom is -0.382 e. The minimum atomic E-state index is -1.34. The van der Waals surface area contributed by atoms with Crippen molar-refractivity contribution in [2.75, 3.05) is 13.1 Å². The number of hydrogen-bond donors (Lipinski definition) is 1. The molecule has 0 spiro atoms. The van der Waals surface area contributed by atoms with Gasteiger partial charge in [-0.1, -0.05) is 19.6 Å². The SMILES string of the molecule is C[Si](C)(C)C(O)N1CCCC1. The molecule has 11 heavy (non-hydrogen) atoms. The lowest BCUT2D eigenvalue weighted by atomic mass is 10.4. The lowest BCUT2D eigenvalue weighted by Gasteiger charge is -2.31. The van der Waals surface area contributed by atoms with Gasteiger partial charge in [0.25, 0.3) is 0 Å². The molecule has 1 N–H and O–H groups in total. The molecule has 0 aromatic carbocycles. The fourth-order valence-electron chi connectivity index (χ4n) is 1.53. The molecule has 1 unspecified atom stereocenters. The molecule has 1 aliphatic heterocycles. The number of aliphatic hydroxyl groups is 1. The van der Waals surface area contributed by atoms with Gasteiger partial charge in [0.05, 0.1) is 13.9 Å². The monoisotopic (exact) mass is 173 g/mol. The normalized spacial score (nSPS) is 24.0. The predicted molar refractivity (Wildman–Crippen MR) is 50.2 cm³/mol. The van der Waals surface area contributed by atoms with Gasteiger partial charge in [-0.15, -0.1) is 0 Å². The van der Waals surface area contributed by atoms with Crippen LogP contribution in [0.4, 0.5) is 0 Å². The fraction of sp³-hybridized carbons (Fsp3) is 1.00. The summed E-state index contributed by atoms with van der Waals surface area (Å²) in [5, 5.41) is 9.87. The van der Waals surface area contributed by atoms with Crippen molar-refractivity contribution in [3.63, 3.8) is 0 Å². The number of rotatable bonds is 2. The molecule has 1 saturated heterocycles. The summed E-state index contributed by atoms with van der Waals surface area (Å²) in [4.78, 5) is 2.23. The van der Waals surface area contributed by atoms with E-state index in [-0.39, 0.29) is 5.85 Å². The Bertz CT molecular complexity index is 127. The van der Waals surface area contributed by atoms with Crippen LogP contribution in [0.15, 0.2) is 0 Å². The molecule has 1 fully saturated rings. The average molecular weight is 173 g/mol. The molecular formula is C8H19NOSi. The zero-order chi connectivity index (χ0) is 8.48. The Morgan fingerprint density at radius 1 is 1.18 bits per heavy atom. The summed E-state index contributed by atoms with van der Waals surface area (Å²) in [6.07, 6.45) is 2.53. The summed E-state index contributed by atoms with van der Waals surface area (Å²) in [6, 6.07) is 0. The van der Waals surface area contributed by atoms with Crippen molar-refractivity contribution in [1.29, 1.82) is 0 Å². The fourth-order valence-corrected chi connectivity index (χ4v) is 2.89. The highest BCUT2D eigenvalue weighted by atomic mass is 28.3. The highest BCUT2D eigenvalue weighted by Gasteiger charge is 2.31. The molecule has 66 valence electrons. The van der Waals surface area contributed by atoms with Gasteiger partial charge < -0.3 is 5.11 Å². The molecule has 0 aliphatic carbocycles. The van der Waals surface area contributed by atoms with E-state index < -0.39 is 8.07 Å². The minimum absolute atomic E-state index is 0.120. The van der Waals surface area contributed by atoms with Crippen LogP contribution in [0.3, 0.4) is 0 Å². The van der Waals surface area contributed by atoms with Crippen LogP contribution < -0.4 is 0 Å². The molecular weight excluding hydrogens is 154 g/mol. The van der Waals surface area contributed by atoms with Crippen molar-refractivity contribution in [2.24, 2.45) is 0 Å². The zero-order valence-corrected chi connectivity index (χ0v) is 8.80. The van der Waals surface area contributed by atoms with E-state index in [0.29, 0.717) is 0 Å². The summed E-state index contributed by atoms with van der Waals surface area (Å²) in [7, 11) is -1.34. The summed E-state index contributed by atoms with van der Waals surface area (Å²) in [6.45, 7) is 8.86. The molecule has 2 nitrogen and oxygen atoms in total. The average Bonchev–Trinajstić information content (AvgIpc) is 2.34. The quantitative estimate of drug-likeness (QED) is 0.636. The summed E-state index contributed by atoms with van der Waals surface area (Å²) in [5.74, 6) is -0.120. The molecule has 0 radical (unpaired) electrons. The predicted octanol–water partition coefficient (Wildman–Crippen LogP) is 1.28. The number of likely N-dealkylation sites (tertiary alicyclic amines) is 1. The maximum absolute atomic E-state index is 9.87. The lowest BCUT2D eigenvalue weighted by Crippen LogP contribution is -2.49. The van der Waals surface area contributed by atoms with Gasteiger partial charge in [-0.25, -0.2) is 0 Å². The molecule has 1 atom stereocenters. The van der Waals surface area contributed by atoms with E-state index >= 15 is 0 Å². The third-order valence-corrected chi connectivity index (χ3v) is 4.18. The largest absolute Gasteiger partial charge is 0.382 e. The van der Waals surface area contributed by atoms with Gasteiger partial charge >= 0.3 is 0 Å². The molecule has 1 aliphatic rings. The van der Waals surface area contributed by atoms with Crippen LogP contribution in [0.5, 0.6) is 0 Å². The first-order chi connectivity index (χ1) is 5.02. The van der Waals surface area contributed by atoms with E-state index in [2.05, 4.69) is 24.5 Å². The van der Waals surface area contributed by atoms with Crippen LogP contribution >= 0.6 is 0 Å². The lowest BCUT2D eigenvalue weighted by molar-refractivity contribution is 0.0802. The topological polar surface area (TPSA) is 23.5 Å². The summed E-state index contributed by atoms with van der Waals surface area (Å²) in [5.41, 5.74) is 0. The van der Waals surface area contributed by atoms with E-state index in [4.69, 9.17) is 0 Å². The van der Waals surface area contributed by atoms with Crippen LogP contribution in [-0.2, 0) is 0 Å². The Labute approximate surface area is 70.2 Å². The molecule has 0 bridgehead atoms. The van der Waals surface area contributed by atoms with Gasteiger partial charge in [-0.05, 0) is 12.8 Å². The first-order valence-electron chi connectivity index (χ1n) is 4.44. The maximum Gasteiger partial charge on any atom is 0.0967 e. The maximum atomic E-state index is 9.87. The Morgan fingerprint density at radius 2 is 1.64 bits per heavy atom. The van der Waals surface area contributed by atoms with Gasteiger partial charge in [0.1, 0.15) is 0 Å². The number of nitrogens with zero attached hydrogens (tertiary/aromatic N) is 1. The molecule has 0 aromatic rings. The van der Waals surface area contributed by atoms with Gasteiger partial charge in [0.2, 0.25) is 0 Å². The molecule has 1 rings (SSSR count). The van der Waals surface area contributed by atoms with E-state index in [1.165, 1.54) is 12.8 Å². The standard InChI is InChI=1S/C8H19NOSi/c1-11(2,3)8(10)9-6-4-5-7-9/h8,10H,4-7H2,1-3H3. The number of aliphatic hydroxyl groups excluding tert-OH is 1. The summed E-state index contributed by atoms with van der Waals surface area (Å²) < 4.78 is 0. The van der Waals surface area contributed by atoms with Gasteiger partial charge in [0, 0.05) is 13.1 Å². The molecule has 0 saturated carbocycles. The highest BCUT2D eigenvalue weighted by Crippen LogP contribution is 2.17. The van der Waals surface area contributed by atoms with Gasteiger partial charge in [-0.2, -0.15) is 0 Å². The molecule has 0 amide bonds. The molecule has 3 heteroatoms. The Hall–Kier alpha value is 0.137. The van der Waals surface area contributed by atoms with Crippen LogP contribution in [0.25, 0.3) is 0 Å². The van der Waals surface area contributed by atoms with E-state index in [1.54, 1.807) is 0 Å². The third-order valence-electron chi connectivity index (χ3n) is 2.26. The van der Waals surface area contributed by atoms with Crippen LogP contribution in [0.1, 0.15) is 12.8 Å². The Kier molecular flexibility index (Phi) is 2.73. The van der Waals surface area contributed by atoms with Crippen molar-refractivity contribution < 1.29 is 5.11 Å². The zero-order valence-electron chi connectivity index (χ0n) is 7.80. The van der Waals surface area contributed by atoms with E-state index in [9.17, 15) is 5.11 Å². The van der Waals surface area contributed by atoms with E-state index in [1.807, 2.05) is 0 Å².